The van der Waals surface area contributed by atoms with Gasteiger partial charge in [0.15, 0.2) is 0 Å². The number of fused-ring (bicyclic) bond motifs is 1. The molecular formula is C22H21N5O2. The van der Waals surface area contributed by atoms with Gasteiger partial charge in [0, 0.05) is 17.7 Å². The topological polar surface area (TPSA) is 106 Å². The Morgan fingerprint density at radius 2 is 1.97 bits per heavy atom. The minimum absolute atomic E-state index is 0.393. The number of carbonyl (C=O) groups excluding carboxylic acids is 1. The third kappa shape index (κ3) is 3.89. The Labute approximate surface area is 168 Å². The Morgan fingerprint density at radius 3 is 2.72 bits per heavy atom. The molecule has 0 aliphatic rings. The number of amides is 1. The molecule has 7 heteroatoms. The number of carbonyl (C=O) groups is 1. The van der Waals surface area contributed by atoms with E-state index in [1.54, 1.807) is 25.3 Å². The lowest BCUT2D eigenvalue weighted by molar-refractivity contribution is 0.1000. The normalized spacial score (nSPS) is 10.8. The Bertz CT molecular complexity index is 1150. The van der Waals surface area contributed by atoms with Crippen LogP contribution in [0.15, 0.2) is 60.9 Å². The third-order valence-electron chi connectivity index (χ3n) is 4.75. The molecule has 0 aliphatic carbocycles. The third-order valence-corrected chi connectivity index (χ3v) is 4.75. The van der Waals surface area contributed by atoms with E-state index in [1.807, 2.05) is 24.3 Å². The highest BCUT2D eigenvalue weighted by Gasteiger charge is 2.14. The molecule has 29 heavy (non-hydrogen) atoms. The number of nitrogens with two attached hydrogens (primary N) is 1. The van der Waals surface area contributed by atoms with E-state index in [0.717, 1.165) is 41.1 Å². The fourth-order valence-electron chi connectivity index (χ4n) is 3.26. The average Bonchev–Trinajstić information content (AvgIpc) is 3.19. The smallest absolute Gasteiger partial charge is 0.248 e. The summed E-state index contributed by atoms with van der Waals surface area (Å²) in [4.78, 5) is 23.5. The molecule has 0 unspecified atom stereocenters. The second-order valence-corrected chi connectivity index (χ2v) is 6.61. The maximum absolute atomic E-state index is 11.4. The van der Waals surface area contributed by atoms with E-state index in [4.69, 9.17) is 10.5 Å². The standard InChI is InChI=1S/C22H21N5O2/c1-29-19-11-15(20(23)28)7-8-16(19)18-12-17-21(25-13-26-22(17)27-18)24-10-9-14-5-3-2-4-6-14/h2-8,11-13H,9-10H2,1H3,(H2,23,28)(H2,24,25,26,27). The van der Waals surface area contributed by atoms with E-state index in [0.29, 0.717) is 11.3 Å². The van der Waals surface area contributed by atoms with Gasteiger partial charge in [-0.3, -0.25) is 4.79 Å². The van der Waals surface area contributed by atoms with Crippen molar-refractivity contribution >= 4 is 22.8 Å². The van der Waals surface area contributed by atoms with E-state index < -0.39 is 5.91 Å². The maximum Gasteiger partial charge on any atom is 0.248 e. The molecule has 0 bridgehead atoms. The largest absolute Gasteiger partial charge is 0.496 e. The number of nitrogens with zero attached hydrogens (tertiary/aromatic N) is 2. The van der Waals surface area contributed by atoms with Gasteiger partial charge >= 0.3 is 0 Å². The first-order valence-electron chi connectivity index (χ1n) is 9.25. The van der Waals surface area contributed by atoms with Crippen LogP contribution in [0.1, 0.15) is 15.9 Å². The number of aromatic amines is 1. The zero-order chi connectivity index (χ0) is 20.2. The Morgan fingerprint density at radius 1 is 1.14 bits per heavy atom. The zero-order valence-electron chi connectivity index (χ0n) is 16.0. The van der Waals surface area contributed by atoms with Gasteiger partial charge in [0.1, 0.15) is 23.5 Å². The SMILES string of the molecule is COc1cc(C(N)=O)ccc1-c1cc2c(NCCc3ccccc3)ncnc2[nH]1. The number of hydrogen-bond acceptors (Lipinski definition) is 5. The predicted octanol–water partition coefficient (Wildman–Crippen LogP) is 3.39. The minimum atomic E-state index is -0.498. The summed E-state index contributed by atoms with van der Waals surface area (Å²) in [5, 5.41) is 4.28. The summed E-state index contributed by atoms with van der Waals surface area (Å²) in [6, 6.07) is 17.4. The number of anilines is 1. The van der Waals surface area contributed by atoms with Crippen LogP contribution in [-0.2, 0) is 6.42 Å². The van der Waals surface area contributed by atoms with Gasteiger partial charge in [0.2, 0.25) is 5.91 Å². The fourth-order valence-corrected chi connectivity index (χ4v) is 3.26. The van der Waals surface area contributed by atoms with Crippen molar-refractivity contribution in [3.63, 3.8) is 0 Å². The lowest BCUT2D eigenvalue weighted by Crippen LogP contribution is -2.10. The molecule has 0 atom stereocenters. The van der Waals surface area contributed by atoms with E-state index in [9.17, 15) is 4.79 Å². The van der Waals surface area contributed by atoms with E-state index >= 15 is 0 Å². The van der Waals surface area contributed by atoms with Crippen molar-refractivity contribution in [1.29, 1.82) is 0 Å². The van der Waals surface area contributed by atoms with Crippen LogP contribution >= 0.6 is 0 Å². The number of nitrogens with one attached hydrogen (secondary N) is 2. The van der Waals surface area contributed by atoms with Crippen LogP contribution in [0.4, 0.5) is 5.82 Å². The van der Waals surface area contributed by atoms with Crippen molar-refractivity contribution in [2.75, 3.05) is 19.0 Å². The molecule has 0 radical (unpaired) electrons. The van der Waals surface area contributed by atoms with Gasteiger partial charge in [-0.1, -0.05) is 30.3 Å². The van der Waals surface area contributed by atoms with Crippen molar-refractivity contribution in [3.05, 3.63) is 72.1 Å². The van der Waals surface area contributed by atoms with Gasteiger partial charge in [-0.25, -0.2) is 9.97 Å². The quantitative estimate of drug-likeness (QED) is 0.451. The van der Waals surface area contributed by atoms with E-state index in [-0.39, 0.29) is 0 Å². The van der Waals surface area contributed by atoms with Gasteiger partial charge in [0.05, 0.1) is 18.2 Å². The number of rotatable bonds is 7. The summed E-state index contributed by atoms with van der Waals surface area (Å²) < 4.78 is 5.45. The van der Waals surface area contributed by atoms with Gasteiger partial charge in [-0.2, -0.15) is 0 Å². The van der Waals surface area contributed by atoms with Crippen LogP contribution in [0, 0.1) is 0 Å². The van der Waals surface area contributed by atoms with Gasteiger partial charge < -0.3 is 20.8 Å². The highest BCUT2D eigenvalue weighted by atomic mass is 16.5. The Kier molecular flexibility index (Phi) is 5.11. The Hall–Kier alpha value is -3.87. The van der Waals surface area contributed by atoms with Crippen LogP contribution in [-0.4, -0.2) is 34.5 Å². The summed E-state index contributed by atoms with van der Waals surface area (Å²) in [5.41, 5.74) is 9.37. The Balaban J connectivity index is 1.61. The summed E-state index contributed by atoms with van der Waals surface area (Å²) in [6.45, 7) is 0.757. The van der Waals surface area contributed by atoms with Crippen LogP contribution in [0.5, 0.6) is 5.75 Å². The second kappa shape index (κ2) is 8.02. The van der Waals surface area contributed by atoms with Crippen LogP contribution in [0.2, 0.25) is 0 Å². The number of methoxy groups -OCH3 is 1. The zero-order valence-corrected chi connectivity index (χ0v) is 16.0. The van der Waals surface area contributed by atoms with E-state index in [1.165, 1.54) is 11.9 Å². The van der Waals surface area contributed by atoms with Crippen molar-refractivity contribution in [1.82, 2.24) is 15.0 Å². The molecule has 2 aromatic heterocycles. The molecule has 4 aromatic rings. The molecule has 4 N–H and O–H groups in total. The highest BCUT2D eigenvalue weighted by Crippen LogP contribution is 2.33. The van der Waals surface area contributed by atoms with Gasteiger partial charge in [-0.15, -0.1) is 0 Å². The molecular weight excluding hydrogens is 366 g/mol. The molecule has 0 aliphatic heterocycles. The molecule has 146 valence electrons. The molecule has 2 heterocycles. The lowest BCUT2D eigenvalue weighted by Gasteiger charge is -2.08. The molecule has 0 saturated carbocycles. The first kappa shape index (κ1) is 18.5. The van der Waals surface area contributed by atoms with Crippen LogP contribution in [0.25, 0.3) is 22.3 Å². The van der Waals surface area contributed by atoms with Crippen molar-refractivity contribution < 1.29 is 9.53 Å². The van der Waals surface area contributed by atoms with Gasteiger partial charge in [0.25, 0.3) is 0 Å². The summed E-state index contributed by atoms with van der Waals surface area (Å²) in [6.07, 6.45) is 2.42. The molecule has 4 rings (SSSR count). The van der Waals surface area contributed by atoms with Crippen molar-refractivity contribution in [2.24, 2.45) is 5.73 Å². The first-order chi connectivity index (χ1) is 14.2. The molecule has 0 saturated heterocycles. The van der Waals surface area contributed by atoms with Crippen molar-refractivity contribution in [2.45, 2.75) is 6.42 Å². The molecule has 1 amide bonds. The predicted molar refractivity (Wildman–Crippen MR) is 113 cm³/mol. The summed E-state index contributed by atoms with van der Waals surface area (Å²) in [5.74, 6) is 0.822. The molecule has 2 aromatic carbocycles. The number of ether oxygens (including phenoxy) is 1. The number of benzene rings is 2. The summed E-state index contributed by atoms with van der Waals surface area (Å²) in [7, 11) is 1.56. The van der Waals surface area contributed by atoms with Gasteiger partial charge in [-0.05, 0) is 36.2 Å². The lowest BCUT2D eigenvalue weighted by atomic mass is 10.1. The highest BCUT2D eigenvalue weighted by molar-refractivity contribution is 5.95. The monoisotopic (exact) mass is 387 g/mol. The number of hydrogen-bond donors (Lipinski definition) is 3. The molecule has 0 spiro atoms. The molecule has 0 fully saturated rings. The van der Waals surface area contributed by atoms with Crippen molar-refractivity contribution in [3.8, 4) is 17.0 Å². The number of aromatic nitrogens is 3. The maximum atomic E-state index is 11.4. The minimum Gasteiger partial charge on any atom is -0.496 e. The first-order valence-corrected chi connectivity index (χ1v) is 9.25. The van der Waals surface area contributed by atoms with E-state index in [2.05, 4.69) is 32.4 Å². The van der Waals surface area contributed by atoms with Crippen LogP contribution in [0.3, 0.4) is 0 Å². The average molecular weight is 387 g/mol. The second-order valence-electron chi connectivity index (χ2n) is 6.61. The number of H-pyrrole nitrogens is 1. The number of primary amides is 1. The van der Waals surface area contributed by atoms with Crippen LogP contribution < -0.4 is 15.8 Å². The summed E-state index contributed by atoms with van der Waals surface area (Å²) >= 11 is 0. The molecule has 7 nitrogen and oxygen atoms in total. The fraction of sp³-hybridized carbons (Fsp3) is 0.136.